The van der Waals surface area contributed by atoms with Gasteiger partial charge in [0.1, 0.15) is 6.04 Å². The van der Waals surface area contributed by atoms with Gasteiger partial charge in [0.05, 0.1) is 34.8 Å². The van der Waals surface area contributed by atoms with Crippen LogP contribution in [0, 0.1) is 11.3 Å². The van der Waals surface area contributed by atoms with Crippen molar-refractivity contribution in [1.29, 1.82) is 0 Å². The Labute approximate surface area is 419 Å². The van der Waals surface area contributed by atoms with Crippen LogP contribution in [-0.2, 0) is 48.0 Å². The van der Waals surface area contributed by atoms with E-state index in [4.69, 9.17) is 32.1 Å². The number of hydrogen-bond acceptors (Lipinski definition) is 13. The van der Waals surface area contributed by atoms with Crippen molar-refractivity contribution in [3.05, 3.63) is 70.8 Å². The van der Waals surface area contributed by atoms with Crippen LogP contribution in [0.25, 0.3) is 33.4 Å². The number of hydrazine groups is 1. The van der Waals surface area contributed by atoms with Crippen LogP contribution < -0.4 is 10.7 Å². The molecular weight excluding hydrogens is 935 g/mol. The van der Waals surface area contributed by atoms with Crippen molar-refractivity contribution >= 4 is 76.4 Å². The molecule has 1 unspecified atom stereocenters. The number of thioether (sulfide) groups is 1. The van der Waals surface area contributed by atoms with Gasteiger partial charge in [0, 0.05) is 98.4 Å². The standard InChI is InChI=1S/C50H67N9O7S3/c1-12-40(60)58-23-22-56(27-31(58)5)47(64)55(9)42(30(3)4)44(61)53-50(68-11)26-39-52-37(28-69-39)33-17-18-38-35(24-33)36(43(57(38)13-2)34-16-14-20-51-41(34)32(6)65-10)25-48(7,8)29-66-46(63)49(67)19-15-21-59(54-49)45(50)62/h12,14,16-18,20,24,28,30-32,42,54,67H,1,13,15,19,21-23,25-27,29H2,2-11H3,(H,53,61)/t31-,32+,42?,49+,50-/m1/s1. The number of thiol groups is 1. The Balaban J connectivity index is 1.31. The fourth-order valence-corrected chi connectivity index (χ4v) is 12.0. The van der Waals surface area contributed by atoms with Crippen LogP contribution in [0.3, 0.4) is 0 Å². The molecule has 3 aromatic heterocycles. The summed E-state index contributed by atoms with van der Waals surface area (Å²) in [6.07, 6.45) is 5.76. The summed E-state index contributed by atoms with van der Waals surface area (Å²) >= 11 is 7.44. The maximum absolute atomic E-state index is 15.3. The van der Waals surface area contributed by atoms with Gasteiger partial charge in [-0.1, -0.05) is 40.3 Å². The highest BCUT2D eigenvalue weighted by atomic mass is 32.2. The maximum Gasteiger partial charge on any atom is 0.338 e. The second-order valence-corrected chi connectivity index (χ2v) is 22.3. The number of pyridine rings is 1. The van der Waals surface area contributed by atoms with Crippen molar-refractivity contribution in [2.24, 2.45) is 11.3 Å². The summed E-state index contributed by atoms with van der Waals surface area (Å²) in [4.78, 5) is 82.6. The number of amides is 5. The van der Waals surface area contributed by atoms with Crippen LogP contribution in [0.2, 0.25) is 0 Å². The Morgan fingerprint density at radius 1 is 1.16 bits per heavy atom. The molecule has 0 saturated carbocycles. The Hall–Kier alpha value is -4.95. The van der Waals surface area contributed by atoms with Gasteiger partial charge in [-0.2, -0.15) is 0 Å². The number of likely N-dealkylation sites (N-methyl/N-ethyl adjacent to an activating group) is 1. The molecule has 3 aliphatic rings. The summed E-state index contributed by atoms with van der Waals surface area (Å²) in [5.74, 6) is -2.22. The van der Waals surface area contributed by atoms with Crippen LogP contribution in [0.5, 0.6) is 0 Å². The lowest BCUT2D eigenvalue weighted by Crippen LogP contribution is -2.69. The van der Waals surface area contributed by atoms with Crippen LogP contribution in [-0.4, -0.2) is 139 Å². The van der Waals surface area contributed by atoms with E-state index in [1.54, 1.807) is 36.4 Å². The molecule has 6 heterocycles. The number of nitrogens with one attached hydrogen (secondary N) is 2. The van der Waals surface area contributed by atoms with E-state index in [-0.39, 0.29) is 69.1 Å². The molecule has 4 aromatic rings. The molecule has 0 radical (unpaired) electrons. The van der Waals surface area contributed by atoms with Gasteiger partial charge in [0.25, 0.3) is 5.91 Å². The number of nitrogens with zero attached hydrogens (tertiary/aromatic N) is 7. The van der Waals surface area contributed by atoms with E-state index in [0.29, 0.717) is 36.6 Å². The number of fused-ring (bicyclic) bond motifs is 6. The number of methoxy groups -OCH3 is 1. The topological polar surface area (TPSA) is 172 Å². The molecule has 2 saturated heterocycles. The smallest absolute Gasteiger partial charge is 0.338 e. The fourth-order valence-electron chi connectivity index (χ4n) is 9.95. The number of aryl methyl sites for hydroxylation is 1. The number of esters is 1. The molecule has 0 aliphatic carbocycles. The van der Waals surface area contributed by atoms with E-state index in [1.807, 2.05) is 39.1 Å². The number of thiazole rings is 1. The van der Waals surface area contributed by atoms with Crippen molar-refractivity contribution in [1.82, 2.24) is 45.0 Å². The van der Waals surface area contributed by atoms with E-state index in [0.717, 1.165) is 50.7 Å². The Bertz CT molecular complexity index is 2620. The van der Waals surface area contributed by atoms with Gasteiger partial charge in [-0.15, -0.1) is 35.7 Å². The second-order valence-electron chi connectivity index (χ2n) is 19.5. The van der Waals surface area contributed by atoms with Gasteiger partial charge < -0.3 is 34.1 Å². The van der Waals surface area contributed by atoms with Crippen molar-refractivity contribution in [2.75, 3.05) is 53.2 Å². The van der Waals surface area contributed by atoms with Gasteiger partial charge in [0.15, 0.2) is 9.74 Å². The van der Waals surface area contributed by atoms with Gasteiger partial charge in [-0.25, -0.2) is 20.0 Å². The molecule has 5 amide bonds. The first-order valence-corrected chi connectivity index (χ1v) is 26.2. The zero-order valence-corrected chi connectivity index (χ0v) is 44.0. The first-order chi connectivity index (χ1) is 32.7. The number of piperazine rings is 1. The third kappa shape index (κ3) is 10.3. The number of carbonyl (C=O) groups excluding carboxylic acids is 5. The largest absolute Gasteiger partial charge is 0.463 e. The maximum atomic E-state index is 15.3. The first kappa shape index (κ1) is 51.9. The fraction of sp³-hybridized carbons (Fsp3) is 0.540. The molecule has 372 valence electrons. The van der Waals surface area contributed by atoms with Gasteiger partial charge in [-0.05, 0) is 88.1 Å². The first-order valence-electron chi connectivity index (χ1n) is 23.6. The number of cyclic esters (lactones) is 1. The third-order valence-electron chi connectivity index (χ3n) is 13.6. The molecule has 3 aliphatic heterocycles. The number of carbonyl (C=O) groups is 5. The SMILES string of the molecule is C=CC(=O)N1CCN(C(=O)N(C)C(C(=O)N[C@@]2(SC)Cc3nc(cs3)-c3ccc4c(c3)c(c(-c3cccnc3[C@H](C)OC)n4CC)CC(C)(C)COC(=O)[C@@]3(S)CCCN(N3)C2=O)C(C)C)C[C@H]1C. The molecule has 6 bridgehead atoms. The summed E-state index contributed by atoms with van der Waals surface area (Å²) in [5.41, 5.74) is 9.03. The molecule has 69 heavy (non-hydrogen) atoms. The Morgan fingerprint density at radius 3 is 2.58 bits per heavy atom. The van der Waals surface area contributed by atoms with Crippen LogP contribution >= 0.6 is 35.7 Å². The summed E-state index contributed by atoms with van der Waals surface area (Å²) in [7, 11) is 3.27. The molecule has 5 atom stereocenters. The average molecular weight is 1000 g/mol. The summed E-state index contributed by atoms with van der Waals surface area (Å²) in [6, 6.07) is 8.75. The van der Waals surface area contributed by atoms with Crippen LogP contribution in [0.1, 0.15) is 83.7 Å². The number of rotatable bonds is 10. The summed E-state index contributed by atoms with van der Waals surface area (Å²) in [6.45, 7) is 19.3. The van der Waals surface area contributed by atoms with Gasteiger partial charge >= 0.3 is 12.0 Å². The lowest BCUT2D eigenvalue weighted by atomic mass is 9.84. The minimum Gasteiger partial charge on any atom is -0.463 e. The minimum atomic E-state index is -1.66. The van der Waals surface area contributed by atoms with Gasteiger partial charge in [-0.3, -0.25) is 24.4 Å². The van der Waals surface area contributed by atoms with Crippen molar-refractivity contribution < 1.29 is 33.4 Å². The quantitative estimate of drug-likeness (QED) is 0.0651. The van der Waals surface area contributed by atoms with E-state index in [1.165, 1.54) is 27.3 Å². The van der Waals surface area contributed by atoms with Gasteiger partial charge in [0.2, 0.25) is 11.8 Å². The molecule has 19 heteroatoms. The molecule has 0 spiro atoms. The Kier molecular flexibility index (Phi) is 15.6. The second kappa shape index (κ2) is 20.8. The van der Waals surface area contributed by atoms with Crippen molar-refractivity contribution in [3.63, 3.8) is 0 Å². The zero-order valence-electron chi connectivity index (χ0n) is 41.5. The predicted octanol–water partition coefficient (Wildman–Crippen LogP) is 6.95. The monoisotopic (exact) mass is 1000 g/mol. The number of benzene rings is 1. The molecule has 2 N–H and O–H groups in total. The average Bonchev–Trinajstić information content (AvgIpc) is 3.92. The van der Waals surface area contributed by atoms with E-state index >= 15 is 4.79 Å². The molecular formula is C50H67N9O7S3. The highest BCUT2D eigenvalue weighted by Gasteiger charge is 2.50. The van der Waals surface area contributed by atoms with E-state index in [9.17, 15) is 19.2 Å². The minimum absolute atomic E-state index is 0.00953. The molecule has 7 rings (SSSR count). The number of aromatic nitrogens is 3. The lowest BCUT2D eigenvalue weighted by Gasteiger charge is -2.44. The summed E-state index contributed by atoms with van der Waals surface area (Å²) < 4.78 is 14.3. The Morgan fingerprint density at radius 2 is 1.91 bits per heavy atom. The third-order valence-corrected chi connectivity index (χ3v) is 16.1. The van der Waals surface area contributed by atoms with Crippen molar-refractivity contribution in [2.45, 2.75) is 109 Å². The number of ether oxygens (including phenoxy) is 2. The van der Waals surface area contributed by atoms with E-state index in [2.05, 4.69) is 66.9 Å². The van der Waals surface area contributed by atoms with Crippen molar-refractivity contribution in [3.8, 4) is 22.5 Å². The molecule has 1 aromatic carbocycles. The predicted molar refractivity (Wildman–Crippen MR) is 274 cm³/mol. The normalized spacial score (nSPS) is 23.0. The van der Waals surface area contributed by atoms with E-state index < -0.39 is 39.0 Å². The number of hydrogen-bond donors (Lipinski definition) is 3. The highest BCUT2D eigenvalue weighted by Crippen LogP contribution is 2.43. The van der Waals surface area contributed by atoms with Crippen LogP contribution in [0.4, 0.5) is 4.79 Å². The highest BCUT2D eigenvalue weighted by molar-refractivity contribution is 8.00. The summed E-state index contributed by atoms with van der Waals surface area (Å²) in [5, 5.41) is 8.10. The number of urea groups is 1. The molecule has 16 nitrogen and oxygen atoms in total. The zero-order chi connectivity index (χ0) is 50.2. The molecule has 2 fully saturated rings. The van der Waals surface area contributed by atoms with Crippen LogP contribution in [0.15, 0.2) is 54.6 Å². The lowest BCUT2D eigenvalue weighted by molar-refractivity contribution is -0.158.